The number of rotatable bonds is 5. The SMILES string of the molecule is NC1CCC(NC(=O)c2ccc(N3CCN(C(=O)c4cccc(F)c4)CC3)c([N+](=O)[O-])c2)CC1. The van der Waals surface area contributed by atoms with Crippen molar-refractivity contribution in [1.29, 1.82) is 0 Å². The number of nitrogens with zero attached hydrogens (tertiary/aromatic N) is 3. The number of amides is 2. The van der Waals surface area contributed by atoms with E-state index in [2.05, 4.69) is 5.32 Å². The van der Waals surface area contributed by atoms with Crippen LogP contribution in [0.4, 0.5) is 15.8 Å². The molecule has 180 valence electrons. The van der Waals surface area contributed by atoms with Crippen LogP contribution in [-0.4, -0.2) is 59.9 Å². The minimum absolute atomic E-state index is 0.0229. The number of nitro benzene ring substituents is 1. The number of carbonyl (C=O) groups is 2. The van der Waals surface area contributed by atoms with Crippen LogP contribution in [0.15, 0.2) is 42.5 Å². The van der Waals surface area contributed by atoms with E-state index in [-0.39, 0.29) is 40.7 Å². The second kappa shape index (κ2) is 10.2. The third-order valence-corrected chi connectivity index (χ3v) is 6.52. The normalized spacial score (nSPS) is 20.6. The highest BCUT2D eigenvalue weighted by Gasteiger charge is 2.28. The van der Waals surface area contributed by atoms with Gasteiger partial charge in [0.15, 0.2) is 0 Å². The summed E-state index contributed by atoms with van der Waals surface area (Å²) in [6, 6.07) is 10.2. The number of carbonyl (C=O) groups excluding carboxylic acids is 2. The van der Waals surface area contributed by atoms with Crippen LogP contribution in [0, 0.1) is 15.9 Å². The quantitative estimate of drug-likeness (QED) is 0.513. The number of nitrogens with two attached hydrogens (primary N) is 1. The van der Waals surface area contributed by atoms with Gasteiger partial charge in [-0.25, -0.2) is 4.39 Å². The first kappa shape index (κ1) is 23.6. The van der Waals surface area contributed by atoms with Gasteiger partial charge in [-0.2, -0.15) is 0 Å². The van der Waals surface area contributed by atoms with E-state index < -0.39 is 10.7 Å². The summed E-state index contributed by atoms with van der Waals surface area (Å²) in [6.07, 6.45) is 3.28. The van der Waals surface area contributed by atoms with E-state index >= 15 is 0 Å². The lowest BCUT2D eigenvalue weighted by molar-refractivity contribution is -0.384. The molecule has 0 atom stereocenters. The van der Waals surface area contributed by atoms with Crippen molar-refractivity contribution in [2.45, 2.75) is 37.8 Å². The van der Waals surface area contributed by atoms with Crippen LogP contribution >= 0.6 is 0 Å². The summed E-state index contributed by atoms with van der Waals surface area (Å²) in [5.74, 6) is -1.08. The molecule has 1 heterocycles. The van der Waals surface area contributed by atoms with Crippen molar-refractivity contribution in [2.24, 2.45) is 5.73 Å². The maximum Gasteiger partial charge on any atom is 0.293 e. The smallest absolute Gasteiger partial charge is 0.293 e. The number of hydrogen-bond donors (Lipinski definition) is 2. The maximum atomic E-state index is 13.5. The molecule has 9 nitrogen and oxygen atoms in total. The zero-order valence-electron chi connectivity index (χ0n) is 18.8. The van der Waals surface area contributed by atoms with Gasteiger partial charge in [0.1, 0.15) is 11.5 Å². The highest BCUT2D eigenvalue weighted by Crippen LogP contribution is 2.30. The molecule has 2 amide bonds. The molecule has 1 saturated carbocycles. The fraction of sp³-hybridized carbons (Fsp3) is 0.417. The Morgan fingerprint density at radius 1 is 1.00 bits per heavy atom. The van der Waals surface area contributed by atoms with Gasteiger partial charge in [-0.15, -0.1) is 0 Å². The predicted molar refractivity (Wildman–Crippen MR) is 125 cm³/mol. The van der Waals surface area contributed by atoms with Gasteiger partial charge in [0.25, 0.3) is 17.5 Å². The number of piperazine rings is 1. The van der Waals surface area contributed by atoms with Gasteiger partial charge < -0.3 is 20.9 Å². The molecule has 1 aliphatic heterocycles. The molecule has 0 bridgehead atoms. The summed E-state index contributed by atoms with van der Waals surface area (Å²) in [7, 11) is 0. The maximum absolute atomic E-state index is 13.5. The highest BCUT2D eigenvalue weighted by molar-refractivity contribution is 5.96. The van der Waals surface area contributed by atoms with E-state index in [0.717, 1.165) is 25.7 Å². The van der Waals surface area contributed by atoms with Crippen LogP contribution in [0.25, 0.3) is 0 Å². The van der Waals surface area contributed by atoms with Gasteiger partial charge >= 0.3 is 0 Å². The van der Waals surface area contributed by atoms with E-state index in [1.807, 2.05) is 4.90 Å². The van der Waals surface area contributed by atoms with E-state index in [0.29, 0.717) is 31.9 Å². The minimum Gasteiger partial charge on any atom is -0.362 e. The molecular weight excluding hydrogens is 441 g/mol. The Morgan fingerprint density at radius 3 is 2.35 bits per heavy atom. The van der Waals surface area contributed by atoms with Crippen molar-refractivity contribution >= 4 is 23.2 Å². The van der Waals surface area contributed by atoms with Crippen molar-refractivity contribution in [3.63, 3.8) is 0 Å². The zero-order valence-corrected chi connectivity index (χ0v) is 18.8. The standard InChI is InChI=1S/C24H28FN5O4/c25-18-3-1-2-17(14-18)24(32)29-12-10-28(11-13-29)21-9-4-16(15-22(21)30(33)34)23(31)27-20-7-5-19(26)6-8-20/h1-4,9,14-15,19-20H,5-8,10-13,26H2,(H,27,31). The first-order valence-corrected chi connectivity index (χ1v) is 11.5. The zero-order chi connectivity index (χ0) is 24.2. The Kier molecular flexibility index (Phi) is 7.06. The lowest BCUT2D eigenvalue weighted by atomic mass is 9.91. The van der Waals surface area contributed by atoms with Crippen LogP contribution in [0.3, 0.4) is 0 Å². The topological polar surface area (TPSA) is 122 Å². The average molecular weight is 470 g/mol. The van der Waals surface area contributed by atoms with Crippen molar-refractivity contribution in [3.8, 4) is 0 Å². The van der Waals surface area contributed by atoms with Gasteiger partial charge in [0.2, 0.25) is 0 Å². The number of nitro groups is 1. The summed E-state index contributed by atoms with van der Waals surface area (Å²) in [5, 5.41) is 14.7. The lowest BCUT2D eigenvalue weighted by Crippen LogP contribution is -2.49. The van der Waals surface area contributed by atoms with Crippen molar-refractivity contribution < 1.29 is 18.9 Å². The molecule has 0 unspecified atom stereocenters. The fourth-order valence-corrected chi connectivity index (χ4v) is 4.57. The van der Waals surface area contributed by atoms with Crippen LogP contribution in [0.5, 0.6) is 0 Å². The van der Waals surface area contributed by atoms with E-state index in [4.69, 9.17) is 5.73 Å². The van der Waals surface area contributed by atoms with E-state index in [1.165, 1.54) is 24.3 Å². The summed E-state index contributed by atoms with van der Waals surface area (Å²) in [6.45, 7) is 1.46. The second-order valence-corrected chi connectivity index (χ2v) is 8.84. The minimum atomic E-state index is -0.490. The fourth-order valence-electron chi connectivity index (χ4n) is 4.57. The molecule has 2 aliphatic rings. The van der Waals surface area contributed by atoms with Gasteiger partial charge in [0, 0.05) is 55.5 Å². The lowest BCUT2D eigenvalue weighted by Gasteiger charge is -2.36. The number of nitrogens with one attached hydrogen (secondary N) is 1. The largest absolute Gasteiger partial charge is 0.362 e. The summed E-state index contributed by atoms with van der Waals surface area (Å²) in [5.41, 5.74) is 6.68. The molecule has 3 N–H and O–H groups in total. The first-order valence-electron chi connectivity index (χ1n) is 11.5. The molecule has 10 heteroatoms. The predicted octanol–water partition coefficient (Wildman–Crippen LogP) is 2.70. The highest BCUT2D eigenvalue weighted by atomic mass is 19.1. The molecular formula is C24H28FN5O4. The first-order chi connectivity index (χ1) is 16.3. The Hall–Kier alpha value is -3.53. The monoisotopic (exact) mass is 469 g/mol. The molecule has 0 aromatic heterocycles. The number of halogens is 1. The summed E-state index contributed by atoms with van der Waals surface area (Å²) < 4.78 is 13.5. The second-order valence-electron chi connectivity index (χ2n) is 8.84. The summed E-state index contributed by atoms with van der Waals surface area (Å²) >= 11 is 0. The third-order valence-electron chi connectivity index (χ3n) is 6.52. The van der Waals surface area contributed by atoms with E-state index in [9.17, 15) is 24.1 Å². The molecule has 34 heavy (non-hydrogen) atoms. The molecule has 1 aliphatic carbocycles. The van der Waals surface area contributed by atoms with Crippen LogP contribution in [-0.2, 0) is 0 Å². The number of hydrogen-bond acceptors (Lipinski definition) is 6. The Labute approximate surface area is 196 Å². The molecule has 0 radical (unpaired) electrons. The number of anilines is 1. The molecule has 1 saturated heterocycles. The van der Waals surface area contributed by atoms with Crippen molar-refractivity contribution in [3.05, 3.63) is 69.5 Å². The van der Waals surface area contributed by atoms with Crippen molar-refractivity contribution in [2.75, 3.05) is 31.1 Å². The molecule has 2 aromatic rings. The summed E-state index contributed by atoms with van der Waals surface area (Å²) in [4.78, 5) is 40.1. The van der Waals surface area contributed by atoms with Crippen LogP contribution < -0.4 is 16.0 Å². The molecule has 2 fully saturated rings. The van der Waals surface area contributed by atoms with Crippen molar-refractivity contribution in [1.82, 2.24) is 10.2 Å². The van der Waals surface area contributed by atoms with Crippen LogP contribution in [0.1, 0.15) is 46.4 Å². The third kappa shape index (κ3) is 5.33. The Morgan fingerprint density at radius 2 is 1.71 bits per heavy atom. The van der Waals surface area contributed by atoms with Gasteiger partial charge in [-0.05, 0) is 56.0 Å². The number of benzene rings is 2. The van der Waals surface area contributed by atoms with Gasteiger partial charge in [0.05, 0.1) is 4.92 Å². The Balaban J connectivity index is 1.42. The van der Waals surface area contributed by atoms with Crippen LogP contribution in [0.2, 0.25) is 0 Å². The van der Waals surface area contributed by atoms with Gasteiger partial charge in [-0.3, -0.25) is 19.7 Å². The molecule has 4 rings (SSSR count). The Bertz CT molecular complexity index is 1080. The van der Waals surface area contributed by atoms with Gasteiger partial charge in [-0.1, -0.05) is 6.07 Å². The van der Waals surface area contributed by atoms with E-state index in [1.54, 1.807) is 23.1 Å². The molecule has 2 aromatic carbocycles. The average Bonchev–Trinajstić information content (AvgIpc) is 2.84. The molecule has 0 spiro atoms.